The monoisotopic (exact) mass is 516 g/mol. The molecule has 2 aromatic rings. The Labute approximate surface area is 208 Å². The molecule has 0 fully saturated rings. The molecule has 0 heterocycles. The van der Waals surface area contributed by atoms with E-state index in [1.807, 2.05) is 76.2 Å². The quantitative estimate of drug-likeness (QED) is 0.274. The van der Waals surface area contributed by atoms with Crippen LogP contribution < -0.4 is 11.5 Å². The van der Waals surface area contributed by atoms with E-state index < -0.39 is 0 Å². The molecule has 0 atom stereocenters. The Bertz CT molecular complexity index is 452. The van der Waals surface area contributed by atoms with Crippen molar-refractivity contribution < 1.29 is 65.4 Å². The Morgan fingerprint density at radius 1 is 0.625 bits per heavy atom. The third-order valence-electron chi connectivity index (χ3n) is 1.95. The van der Waals surface area contributed by atoms with Crippen molar-refractivity contribution >= 4 is 33.0 Å². The van der Waals surface area contributed by atoms with Crippen molar-refractivity contribution in [2.75, 3.05) is 11.5 Å². The molecule has 0 bridgehead atoms. The number of nitrogens with two attached hydrogens (primary N) is 2. The van der Waals surface area contributed by atoms with E-state index in [-0.39, 0.29) is 80.3 Å². The SMILES string of the molecule is CC.CC.Nc1cccc(SSc2cccc(N)c2)c1.[CH3-].[CH3-].[Y].[Y]. The summed E-state index contributed by atoms with van der Waals surface area (Å²) in [7, 11) is 3.35. The molecule has 0 unspecified atom stereocenters. The van der Waals surface area contributed by atoms with Gasteiger partial charge in [0.25, 0.3) is 0 Å². The molecule has 0 spiro atoms. The summed E-state index contributed by atoms with van der Waals surface area (Å²) in [5.74, 6) is 0. The van der Waals surface area contributed by atoms with Gasteiger partial charge < -0.3 is 26.3 Å². The van der Waals surface area contributed by atoms with Crippen molar-refractivity contribution in [2.45, 2.75) is 37.5 Å². The zero-order chi connectivity index (χ0) is 15.4. The van der Waals surface area contributed by atoms with E-state index in [1.54, 1.807) is 21.6 Å². The van der Waals surface area contributed by atoms with Gasteiger partial charge in [0, 0.05) is 86.6 Å². The van der Waals surface area contributed by atoms with E-state index in [4.69, 9.17) is 11.5 Å². The number of hydrogen-bond donors (Lipinski definition) is 2. The molecule has 0 amide bonds. The molecule has 4 N–H and O–H groups in total. The number of rotatable bonds is 3. The second-order valence-electron chi connectivity index (χ2n) is 3.31. The van der Waals surface area contributed by atoms with Gasteiger partial charge in [0.15, 0.2) is 0 Å². The first-order valence-electron chi connectivity index (χ1n) is 6.79. The number of nitrogen functional groups attached to an aromatic ring is 2. The predicted octanol–water partition coefficient (Wildman–Crippen LogP) is 6.60. The van der Waals surface area contributed by atoms with Crippen LogP contribution in [0.25, 0.3) is 0 Å². The maximum atomic E-state index is 5.71. The van der Waals surface area contributed by atoms with Crippen LogP contribution in [0.3, 0.4) is 0 Å². The second kappa shape index (κ2) is 23.9. The summed E-state index contributed by atoms with van der Waals surface area (Å²) >= 11 is 0. The minimum Gasteiger partial charge on any atom is -0.399 e. The van der Waals surface area contributed by atoms with Gasteiger partial charge in [-0.25, -0.2) is 0 Å². The Balaban J connectivity index is -0.000000140. The van der Waals surface area contributed by atoms with Crippen molar-refractivity contribution in [3.63, 3.8) is 0 Å². The average molecular weight is 516 g/mol. The van der Waals surface area contributed by atoms with E-state index in [0.717, 1.165) is 21.2 Å². The predicted molar refractivity (Wildman–Crippen MR) is 109 cm³/mol. The van der Waals surface area contributed by atoms with Crippen molar-refractivity contribution in [3.05, 3.63) is 63.4 Å². The fourth-order valence-electron chi connectivity index (χ4n) is 1.23. The minimum atomic E-state index is 0. The molecule has 0 aromatic heterocycles. The number of anilines is 2. The summed E-state index contributed by atoms with van der Waals surface area (Å²) < 4.78 is 0. The normalized spacial score (nSPS) is 7.33. The van der Waals surface area contributed by atoms with Gasteiger partial charge in [-0.15, -0.1) is 0 Å². The van der Waals surface area contributed by atoms with Gasteiger partial charge in [-0.3, -0.25) is 0 Å². The average Bonchev–Trinajstić information content (AvgIpc) is 2.50. The summed E-state index contributed by atoms with van der Waals surface area (Å²) in [6, 6.07) is 15.7. The molecule has 2 nitrogen and oxygen atoms in total. The minimum absolute atomic E-state index is 0. The molecule has 0 saturated carbocycles. The molecule has 0 aliphatic rings. The first-order chi connectivity index (χ1) is 9.74. The summed E-state index contributed by atoms with van der Waals surface area (Å²) in [6.45, 7) is 8.00. The molecule has 0 saturated heterocycles. The van der Waals surface area contributed by atoms with E-state index in [0.29, 0.717) is 0 Å². The van der Waals surface area contributed by atoms with Crippen LogP contribution in [-0.2, 0) is 65.4 Å². The van der Waals surface area contributed by atoms with Gasteiger partial charge in [-0.1, -0.05) is 61.4 Å². The number of hydrogen-bond acceptors (Lipinski definition) is 4. The molecular weight excluding hydrogens is 486 g/mol. The summed E-state index contributed by atoms with van der Waals surface area (Å²) in [5.41, 5.74) is 13.0. The first kappa shape index (κ1) is 36.0. The van der Waals surface area contributed by atoms with Crippen LogP contribution in [0.5, 0.6) is 0 Å². The van der Waals surface area contributed by atoms with Crippen LogP contribution in [0.4, 0.5) is 11.4 Å². The Morgan fingerprint density at radius 2 is 0.917 bits per heavy atom. The smallest absolute Gasteiger partial charge is 0.0325 e. The summed E-state index contributed by atoms with van der Waals surface area (Å²) in [5, 5.41) is 0. The molecule has 2 rings (SSSR count). The maximum absolute atomic E-state index is 5.71. The maximum Gasteiger partial charge on any atom is 0.0325 e. The van der Waals surface area contributed by atoms with Gasteiger partial charge in [-0.2, -0.15) is 0 Å². The largest absolute Gasteiger partial charge is 0.399 e. The fourth-order valence-corrected chi connectivity index (χ4v) is 3.26. The molecule has 132 valence electrons. The van der Waals surface area contributed by atoms with Crippen molar-refractivity contribution in [1.82, 2.24) is 0 Å². The van der Waals surface area contributed by atoms with Gasteiger partial charge in [0.2, 0.25) is 0 Å². The van der Waals surface area contributed by atoms with Crippen molar-refractivity contribution in [2.24, 2.45) is 0 Å². The van der Waals surface area contributed by atoms with Crippen LogP contribution in [0.15, 0.2) is 58.3 Å². The summed E-state index contributed by atoms with van der Waals surface area (Å²) in [4.78, 5) is 2.29. The molecule has 0 aliphatic heterocycles. The van der Waals surface area contributed by atoms with Crippen molar-refractivity contribution in [3.8, 4) is 0 Å². The Morgan fingerprint density at radius 3 is 1.17 bits per heavy atom. The van der Waals surface area contributed by atoms with Gasteiger partial charge >= 0.3 is 0 Å². The fraction of sp³-hybridized carbons (Fsp3) is 0.222. The van der Waals surface area contributed by atoms with Crippen LogP contribution >= 0.6 is 21.6 Å². The van der Waals surface area contributed by atoms with Crippen LogP contribution in [0.2, 0.25) is 0 Å². The third-order valence-corrected chi connectivity index (χ3v) is 4.33. The van der Waals surface area contributed by atoms with Gasteiger partial charge in [-0.05, 0) is 36.4 Å². The molecule has 24 heavy (non-hydrogen) atoms. The zero-order valence-corrected chi connectivity index (χ0v) is 23.1. The van der Waals surface area contributed by atoms with E-state index in [9.17, 15) is 0 Å². The third kappa shape index (κ3) is 16.4. The van der Waals surface area contributed by atoms with Gasteiger partial charge in [0.1, 0.15) is 0 Å². The van der Waals surface area contributed by atoms with E-state index >= 15 is 0 Å². The van der Waals surface area contributed by atoms with E-state index in [2.05, 4.69) is 0 Å². The Kier molecular flexibility index (Phi) is 35.9. The van der Waals surface area contributed by atoms with Crippen LogP contribution in [0, 0.1) is 14.9 Å². The molecular formula is C18H30N2S2Y2-2. The van der Waals surface area contributed by atoms with E-state index in [1.165, 1.54) is 0 Å². The number of benzene rings is 2. The zero-order valence-electron chi connectivity index (χ0n) is 15.7. The van der Waals surface area contributed by atoms with Crippen molar-refractivity contribution in [1.29, 1.82) is 0 Å². The molecule has 6 heteroatoms. The molecule has 0 aliphatic carbocycles. The van der Waals surface area contributed by atoms with Gasteiger partial charge in [0.05, 0.1) is 0 Å². The first-order valence-corrected chi connectivity index (χ1v) is 8.94. The van der Waals surface area contributed by atoms with Crippen LogP contribution in [-0.4, -0.2) is 0 Å². The van der Waals surface area contributed by atoms with Crippen LogP contribution in [0.1, 0.15) is 27.7 Å². The second-order valence-corrected chi connectivity index (χ2v) is 5.59. The standard InChI is InChI=1S/C12H12N2S2.2C2H6.2CH3.2Y/c13-9-3-1-5-11(7-9)15-16-12-6-2-4-10(14)8-12;2*1-2;;;;/h1-8H,13-14H2;2*1-2H3;2*1H3;;/q;;;2*-1;;. The molecule has 2 aromatic carbocycles. The summed E-state index contributed by atoms with van der Waals surface area (Å²) in [6.07, 6.45) is 0. The topological polar surface area (TPSA) is 52.0 Å². The Hall–Kier alpha value is 0.948. The molecule has 2 radical (unpaired) electrons.